The first-order chi connectivity index (χ1) is 9.31. The summed E-state index contributed by atoms with van der Waals surface area (Å²) in [7, 11) is 0. The summed E-state index contributed by atoms with van der Waals surface area (Å²) < 4.78 is 5.81. The van der Waals surface area contributed by atoms with Gasteiger partial charge in [0.15, 0.2) is 0 Å². The molecule has 1 atom stereocenters. The molecule has 0 saturated carbocycles. The smallest absolute Gasteiger partial charge is 0.0796 e. The van der Waals surface area contributed by atoms with Crippen LogP contribution in [0.25, 0.3) is 11.1 Å². The maximum atomic E-state index is 5.81. The van der Waals surface area contributed by atoms with Crippen LogP contribution in [0, 0.1) is 0 Å². The molecule has 0 aromatic heterocycles. The van der Waals surface area contributed by atoms with E-state index in [9.17, 15) is 0 Å². The summed E-state index contributed by atoms with van der Waals surface area (Å²) in [4.78, 5) is 0. The molecule has 1 unspecified atom stereocenters. The third-order valence-corrected chi connectivity index (χ3v) is 3.35. The summed E-state index contributed by atoms with van der Waals surface area (Å²) in [5.74, 6) is 0. The number of hydrogen-bond acceptors (Lipinski definition) is 1. The molecule has 100 valence electrons. The van der Waals surface area contributed by atoms with Gasteiger partial charge in [-0.3, -0.25) is 0 Å². The molecule has 19 heavy (non-hydrogen) atoms. The summed E-state index contributed by atoms with van der Waals surface area (Å²) >= 11 is 0. The molecule has 1 heteroatoms. The van der Waals surface area contributed by atoms with E-state index in [1.807, 2.05) is 6.07 Å². The van der Waals surface area contributed by atoms with Crippen molar-refractivity contribution in [2.24, 2.45) is 0 Å². The van der Waals surface area contributed by atoms with Crippen LogP contribution in [0.15, 0.2) is 54.6 Å². The molecule has 0 aliphatic carbocycles. The molecule has 0 fully saturated rings. The molecule has 2 aromatic carbocycles. The van der Waals surface area contributed by atoms with Crippen molar-refractivity contribution in [3.05, 3.63) is 60.2 Å². The summed E-state index contributed by atoms with van der Waals surface area (Å²) in [6.45, 7) is 5.15. The van der Waals surface area contributed by atoms with Crippen LogP contribution >= 0.6 is 0 Å². The topological polar surface area (TPSA) is 9.23 Å². The Kier molecular flexibility index (Phi) is 5.17. The van der Waals surface area contributed by atoms with Crippen LogP contribution < -0.4 is 0 Å². The number of rotatable bonds is 6. The SMILES string of the molecule is CCCCOC(C)c1ccc(-c2ccccc2)cc1. The van der Waals surface area contributed by atoms with Gasteiger partial charge in [0, 0.05) is 6.61 Å². The van der Waals surface area contributed by atoms with Gasteiger partial charge >= 0.3 is 0 Å². The van der Waals surface area contributed by atoms with Gasteiger partial charge in [-0.1, -0.05) is 67.9 Å². The van der Waals surface area contributed by atoms with Crippen LogP contribution in [0.5, 0.6) is 0 Å². The van der Waals surface area contributed by atoms with Crippen molar-refractivity contribution in [1.82, 2.24) is 0 Å². The highest BCUT2D eigenvalue weighted by molar-refractivity contribution is 5.63. The summed E-state index contributed by atoms with van der Waals surface area (Å²) in [5.41, 5.74) is 3.76. The van der Waals surface area contributed by atoms with Crippen LogP contribution in [0.3, 0.4) is 0 Å². The van der Waals surface area contributed by atoms with Gasteiger partial charge in [0.25, 0.3) is 0 Å². The third-order valence-electron chi connectivity index (χ3n) is 3.35. The lowest BCUT2D eigenvalue weighted by Gasteiger charge is -2.13. The number of ether oxygens (including phenoxy) is 1. The first kappa shape index (κ1) is 13.8. The van der Waals surface area contributed by atoms with Gasteiger partial charge in [0.1, 0.15) is 0 Å². The molecule has 0 saturated heterocycles. The average molecular weight is 254 g/mol. The monoisotopic (exact) mass is 254 g/mol. The fourth-order valence-electron chi connectivity index (χ4n) is 2.08. The molecular weight excluding hydrogens is 232 g/mol. The minimum Gasteiger partial charge on any atom is -0.374 e. The molecule has 0 amide bonds. The van der Waals surface area contributed by atoms with E-state index in [1.54, 1.807) is 0 Å². The van der Waals surface area contributed by atoms with Crippen LogP contribution in [-0.4, -0.2) is 6.61 Å². The van der Waals surface area contributed by atoms with Crippen molar-refractivity contribution >= 4 is 0 Å². The standard InChI is InChI=1S/C18H22O/c1-3-4-14-19-15(2)16-10-12-18(13-11-16)17-8-6-5-7-9-17/h5-13,15H,3-4,14H2,1-2H3. The van der Waals surface area contributed by atoms with Crippen LogP contribution in [-0.2, 0) is 4.74 Å². The molecule has 0 radical (unpaired) electrons. The highest BCUT2D eigenvalue weighted by Gasteiger charge is 2.05. The molecule has 0 aliphatic heterocycles. The van der Waals surface area contributed by atoms with E-state index in [0.717, 1.165) is 13.0 Å². The van der Waals surface area contributed by atoms with Crippen molar-refractivity contribution in [3.63, 3.8) is 0 Å². The normalized spacial score (nSPS) is 12.3. The van der Waals surface area contributed by atoms with E-state index >= 15 is 0 Å². The largest absolute Gasteiger partial charge is 0.374 e. The van der Waals surface area contributed by atoms with Crippen LogP contribution in [0.2, 0.25) is 0 Å². The lowest BCUT2D eigenvalue weighted by atomic mass is 10.0. The van der Waals surface area contributed by atoms with Gasteiger partial charge < -0.3 is 4.74 Å². The Hall–Kier alpha value is -1.60. The second-order valence-corrected chi connectivity index (χ2v) is 4.85. The van der Waals surface area contributed by atoms with E-state index < -0.39 is 0 Å². The Morgan fingerprint density at radius 1 is 0.895 bits per heavy atom. The second kappa shape index (κ2) is 7.10. The predicted molar refractivity (Wildman–Crippen MR) is 81.2 cm³/mol. The van der Waals surface area contributed by atoms with Gasteiger partial charge in [-0.25, -0.2) is 0 Å². The third kappa shape index (κ3) is 3.93. The van der Waals surface area contributed by atoms with Crippen molar-refractivity contribution in [3.8, 4) is 11.1 Å². The van der Waals surface area contributed by atoms with Crippen molar-refractivity contribution in [1.29, 1.82) is 0 Å². The van der Waals surface area contributed by atoms with E-state index in [0.29, 0.717) is 0 Å². The quantitative estimate of drug-likeness (QED) is 0.641. The van der Waals surface area contributed by atoms with E-state index in [1.165, 1.54) is 23.1 Å². The first-order valence-corrected chi connectivity index (χ1v) is 7.08. The molecule has 0 N–H and O–H groups in total. The fourth-order valence-corrected chi connectivity index (χ4v) is 2.08. The minimum atomic E-state index is 0.177. The zero-order valence-corrected chi connectivity index (χ0v) is 11.8. The van der Waals surface area contributed by atoms with Crippen LogP contribution in [0.1, 0.15) is 38.4 Å². The highest BCUT2D eigenvalue weighted by Crippen LogP contribution is 2.23. The average Bonchev–Trinajstić information content (AvgIpc) is 2.48. The van der Waals surface area contributed by atoms with E-state index in [2.05, 4.69) is 62.4 Å². The molecule has 0 bridgehead atoms. The molecule has 0 heterocycles. The Morgan fingerprint density at radius 2 is 1.53 bits per heavy atom. The van der Waals surface area contributed by atoms with Crippen molar-refractivity contribution in [2.45, 2.75) is 32.8 Å². The Labute approximate surface area is 116 Å². The van der Waals surface area contributed by atoms with Gasteiger partial charge in [0.2, 0.25) is 0 Å². The number of unbranched alkanes of at least 4 members (excludes halogenated alkanes) is 1. The van der Waals surface area contributed by atoms with Crippen molar-refractivity contribution in [2.75, 3.05) is 6.61 Å². The Balaban J connectivity index is 2.02. The minimum absolute atomic E-state index is 0.177. The van der Waals surface area contributed by atoms with Gasteiger partial charge in [0.05, 0.1) is 6.10 Å². The maximum Gasteiger partial charge on any atom is 0.0796 e. The van der Waals surface area contributed by atoms with Gasteiger partial charge in [-0.15, -0.1) is 0 Å². The second-order valence-electron chi connectivity index (χ2n) is 4.85. The lowest BCUT2D eigenvalue weighted by molar-refractivity contribution is 0.0637. The zero-order chi connectivity index (χ0) is 13.5. The lowest BCUT2D eigenvalue weighted by Crippen LogP contribution is -2.01. The first-order valence-electron chi connectivity index (χ1n) is 7.08. The maximum absolute atomic E-state index is 5.81. The molecule has 2 rings (SSSR count). The fraction of sp³-hybridized carbons (Fsp3) is 0.333. The Morgan fingerprint density at radius 3 is 2.16 bits per heavy atom. The predicted octanol–water partition coefficient (Wildman–Crippen LogP) is 5.23. The summed E-state index contributed by atoms with van der Waals surface area (Å²) in [6.07, 6.45) is 2.49. The van der Waals surface area contributed by atoms with Crippen molar-refractivity contribution < 1.29 is 4.74 Å². The molecular formula is C18H22O. The highest BCUT2D eigenvalue weighted by atomic mass is 16.5. The number of hydrogen-bond donors (Lipinski definition) is 0. The van der Waals surface area contributed by atoms with Gasteiger partial charge in [-0.2, -0.15) is 0 Å². The number of benzene rings is 2. The van der Waals surface area contributed by atoms with E-state index in [4.69, 9.17) is 4.74 Å². The molecule has 1 nitrogen and oxygen atoms in total. The summed E-state index contributed by atoms with van der Waals surface area (Å²) in [6, 6.07) is 19.1. The summed E-state index contributed by atoms with van der Waals surface area (Å²) in [5, 5.41) is 0. The molecule has 0 aliphatic rings. The Bertz CT molecular complexity index is 473. The molecule has 2 aromatic rings. The molecule has 0 spiro atoms. The van der Waals surface area contributed by atoms with E-state index in [-0.39, 0.29) is 6.10 Å². The van der Waals surface area contributed by atoms with Gasteiger partial charge in [-0.05, 0) is 30.0 Å². The van der Waals surface area contributed by atoms with Crippen LogP contribution in [0.4, 0.5) is 0 Å². The zero-order valence-electron chi connectivity index (χ0n) is 11.8.